The summed E-state index contributed by atoms with van der Waals surface area (Å²) in [6.45, 7) is 0.445. The monoisotopic (exact) mass is 277 g/mol. The Morgan fingerprint density at radius 2 is 1.85 bits per heavy atom. The largest absolute Gasteiger partial charge is 0.380 e. The van der Waals surface area contributed by atoms with Crippen molar-refractivity contribution in [3.05, 3.63) is 65.2 Å². The molecule has 3 nitrogen and oxygen atoms in total. The van der Waals surface area contributed by atoms with Crippen LogP contribution in [-0.4, -0.2) is 13.0 Å². The van der Waals surface area contributed by atoms with Gasteiger partial charge in [-0.15, -0.1) is 0 Å². The third-order valence-corrected chi connectivity index (χ3v) is 2.70. The quantitative estimate of drug-likeness (QED) is 0.930. The predicted octanol–water partition coefficient (Wildman–Crippen LogP) is 3.36. The molecule has 0 aromatic heterocycles. The van der Waals surface area contributed by atoms with Gasteiger partial charge in [0, 0.05) is 18.7 Å². The fourth-order valence-corrected chi connectivity index (χ4v) is 1.71. The van der Waals surface area contributed by atoms with Crippen LogP contribution in [0.25, 0.3) is 0 Å². The number of halogens is 2. The van der Waals surface area contributed by atoms with Gasteiger partial charge in [0.2, 0.25) is 0 Å². The van der Waals surface area contributed by atoms with E-state index in [1.807, 2.05) is 0 Å². The summed E-state index contributed by atoms with van der Waals surface area (Å²) in [6, 6.07) is 9.56. The third-order valence-electron chi connectivity index (χ3n) is 2.70. The molecule has 2 aromatic carbocycles. The average Bonchev–Trinajstić information content (AvgIpc) is 2.44. The number of carbonyl (C=O) groups excluding carboxylic acids is 1. The molecule has 0 saturated carbocycles. The molecule has 0 aliphatic rings. The van der Waals surface area contributed by atoms with Crippen LogP contribution in [0.15, 0.2) is 42.5 Å². The molecular formula is C15H13F2NO2. The Balaban J connectivity index is 2.13. The maximum absolute atomic E-state index is 13.4. The molecule has 5 heteroatoms. The molecule has 0 aliphatic carbocycles. The summed E-state index contributed by atoms with van der Waals surface area (Å²) in [4.78, 5) is 11.9. The highest BCUT2D eigenvalue weighted by Crippen LogP contribution is 2.16. The summed E-state index contributed by atoms with van der Waals surface area (Å²) in [7, 11) is 1.58. The SMILES string of the molecule is COCc1ccc(C(=O)Nc2cc(F)ccc2F)cc1. The van der Waals surface area contributed by atoms with Crippen LogP contribution in [0.3, 0.4) is 0 Å². The van der Waals surface area contributed by atoms with Crippen LogP contribution in [0.2, 0.25) is 0 Å². The van der Waals surface area contributed by atoms with Crippen LogP contribution in [0.1, 0.15) is 15.9 Å². The summed E-state index contributed by atoms with van der Waals surface area (Å²) in [6.07, 6.45) is 0. The number of anilines is 1. The molecule has 0 atom stereocenters. The van der Waals surface area contributed by atoms with Crippen molar-refractivity contribution < 1.29 is 18.3 Å². The van der Waals surface area contributed by atoms with Crippen molar-refractivity contribution in [1.29, 1.82) is 0 Å². The number of benzene rings is 2. The van der Waals surface area contributed by atoms with Gasteiger partial charge in [-0.1, -0.05) is 12.1 Å². The van der Waals surface area contributed by atoms with Crippen molar-refractivity contribution in [1.82, 2.24) is 0 Å². The van der Waals surface area contributed by atoms with Crippen LogP contribution >= 0.6 is 0 Å². The minimum atomic E-state index is -0.684. The van der Waals surface area contributed by atoms with Crippen LogP contribution in [0.4, 0.5) is 14.5 Å². The molecule has 1 N–H and O–H groups in total. The van der Waals surface area contributed by atoms with Gasteiger partial charge < -0.3 is 10.1 Å². The smallest absolute Gasteiger partial charge is 0.255 e. The number of ether oxygens (including phenoxy) is 1. The van der Waals surface area contributed by atoms with E-state index in [0.717, 1.165) is 23.8 Å². The first-order valence-corrected chi connectivity index (χ1v) is 5.94. The van der Waals surface area contributed by atoms with Crippen molar-refractivity contribution in [2.75, 3.05) is 12.4 Å². The molecule has 20 heavy (non-hydrogen) atoms. The Bertz CT molecular complexity index is 612. The summed E-state index contributed by atoms with van der Waals surface area (Å²) < 4.78 is 31.4. The Labute approximate surface area is 115 Å². The lowest BCUT2D eigenvalue weighted by Crippen LogP contribution is -2.13. The molecular weight excluding hydrogens is 264 g/mol. The molecule has 1 amide bonds. The zero-order chi connectivity index (χ0) is 14.5. The number of amides is 1. The molecule has 0 unspecified atom stereocenters. The van der Waals surface area contributed by atoms with E-state index in [9.17, 15) is 13.6 Å². The summed E-state index contributed by atoms with van der Waals surface area (Å²) in [5.41, 5.74) is 1.09. The van der Waals surface area contributed by atoms with Crippen molar-refractivity contribution in [3.63, 3.8) is 0 Å². The molecule has 0 spiro atoms. The highest BCUT2D eigenvalue weighted by molar-refractivity contribution is 6.04. The summed E-state index contributed by atoms with van der Waals surface area (Å²) in [5, 5.41) is 2.33. The topological polar surface area (TPSA) is 38.3 Å². The molecule has 0 heterocycles. The number of carbonyl (C=O) groups is 1. The zero-order valence-corrected chi connectivity index (χ0v) is 10.8. The van der Waals surface area contributed by atoms with E-state index >= 15 is 0 Å². The second-order valence-corrected chi connectivity index (χ2v) is 4.21. The van der Waals surface area contributed by atoms with Crippen LogP contribution < -0.4 is 5.32 Å². The number of hydrogen-bond acceptors (Lipinski definition) is 2. The highest BCUT2D eigenvalue weighted by Gasteiger charge is 2.10. The average molecular weight is 277 g/mol. The lowest BCUT2D eigenvalue weighted by Gasteiger charge is -2.07. The van der Waals surface area contributed by atoms with Crippen LogP contribution in [-0.2, 0) is 11.3 Å². The predicted molar refractivity (Wildman–Crippen MR) is 71.5 cm³/mol. The van der Waals surface area contributed by atoms with E-state index in [-0.39, 0.29) is 5.69 Å². The molecule has 2 aromatic rings. The van der Waals surface area contributed by atoms with Gasteiger partial charge >= 0.3 is 0 Å². The van der Waals surface area contributed by atoms with Gasteiger partial charge in [0.15, 0.2) is 0 Å². The van der Waals surface area contributed by atoms with Gasteiger partial charge in [0.1, 0.15) is 11.6 Å². The molecule has 0 bridgehead atoms. The standard InChI is InChI=1S/C15H13F2NO2/c1-20-9-10-2-4-11(5-3-10)15(19)18-14-8-12(16)6-7-13(14)17/h2-8H,9H2,1H3,(H,18,19). The zero-order valence-electron chi connectivity index (χ0n) is 10.8. The van der Waals surface area contributed by atoms with Gasteiger partial charge in [-0.25, -0.2) is 8.78 Å². The second-order valence-electron chi connectivity index (χ2n) is 4.21. The molecule has 0 saturated heterocycles. The summed E-state index contributed by atoms with van der Waals surface area (Å²) in [5.74, 6) is -1.80. The number of nitrogens with one attached hydrogen (secondary N) is 1. The third kappa shape index (κ3) is 3.39. The fraction of sp³-hybridized carbons (Fsp3) is 0.133. The number of hydrogen-bond donors (Lipinski definition) is 1. The van der Waals surface area contributed by atoms with Crippen LogP contribution in [0, 0.1) is 11.6 Å². The molecule has 2 rings (SSSR count). The van der Waals surface area contributed by atoms with E-state index in [0.29, 0.717) is 12.2 Å². The fourth-order valence-electron chi connectivity index (χ4n) is 1.71. The lowest BCUT2D eigenvalue weighted by molar-refractivity contribution is 0.102. The van der Waals surface area contributed by atoms with Crippen molar-refractivity contribution in [2.24, 2.45) is 0 Å². The van der Waals surface area contributed by atoms with E-state index in [2.05, 4.69) is 5.32 Å². The van der Waals surface area contributed by atoms with E-state index in [1.165, 1.54) is 0 Å². The van der Waals surface area contributed by atoms with E-state index in [1.54, 1.807) is 31.4 Å². The summed E-state index contributed by atoms with van der Waals surface area (Å²) >= 11 is 0. The normalized spacial score (nSPS) is 10.3. The first-order valence-electron chi connectivity index (χ1n) is 5.94. The Morgan fingerprint density at radius 3 is 2.50 bits per heavy atom. The maximum atomic E-state index is 13.4. The van der Waals surface area contributed by atoms with Gasteiger partial charge in [-0.2, -0.15) is 0 Å². The lowest BCUT2D eigenvalue weighted by atomic mass is 10.1. The molecule has 0 radical (unpaired) electrons. The Hall–Kier alpha value is -2.27. The molecule has 104 valence electrons. The van der Waals surface area contributed by atoms with Crippen molar-refractivity contribution in [2.45, 2.75) is 6.61 Å². The maximum Gasteiger partial charge on any atom is 0.255 e. The first kappa shape index (κ1) is 14.1. The second kappa shape index (κ2) is 6.25. The van der Waals surface area contributed by atoms with Crippen molar-refractivity contribution in [3.8, 4) is 0 Å². The van der Waals surface area contributed by atoms with Crippen LogP contribution in [0.5, 0.6) is 0 Å². The van der Waals surface area contributed by atoms with Crippen molar-refractivity contribution >= 4 is 11.6 Å². The Kier molecular flexibility index (Phi) is 4.42. The molecule has 0 aliphatic heterocycles. The van der Waals surface area contributed by atoms with Gasteiger partial charge in [0.25, 0.3) is 5.91 Å². The first-order chi connectivity index (χ1) is 9.60. The Morgan fingerprint density at radius 1 is 1.15 bits per heavy atom. The van der Waals surface area contributed by atoms with E-state index in [4.69, 9.17) is 4.74 Å². The number of methoxy groups -OCH3 is 1. The minimum Gasteiger partial charge on any atom is -0.380 e. The molecule has 0 fully saturated rings. The highest BCUT2D eigenvalue weighted by atomic mass is 19.1. The van der Waals surface area contributed by atoms with Gasteiger partial charge in [0.05, 0.1) is 12.3 Å². The van der Waals surface area contributed by atoms with Gasteiger partial charge in [-0.3, -0.25) is 4.79 Å². The van der Waals surface area contributed by atoms with Gasteiger partial charge in [-0.05, 0) is 29.8 Å². The number of rotatable bonds is 4. The van der Waals surface area contributed by atoms with E-state index < -0.39 is 17.5 Å². The minimum absolute atomic E-state index is 0.184.